The van der Waals surface area contributed by atoms with E-state index in [4.69, 9.17) is 5.11 Å². The number of rotatable bonds is 3. The number of carbonyl (C=O) groups is 2. The summed E-state index contributed by atoms with van der Waals surface area (Å²) in [6.45, 7) is 1.23. The summed E-state index contributed by atoms with van der Waals surface area (Å²) in [7, 11) is 0. The van der Waals surface area contributed by atoms with Crippen molar-refractivity contribution in [3.05, 3.63) is 0 Å². The third-order valence-electron chi connectivity index (χ3n) is 0.793. The number of aliphatic carboxylic acids is 1. The number of hydrogen-bond acceptors (Lipinski definition) is 3. The van der Waals surface area contributed by atoms with Gasteiger partial charge in [-0.1, -0.05) is 0 Å². The van der Waals surface area contributed by atoms with Crippen LogP contribution in [0.2, 0.25) is 0 Å². The van der Waals surface area contributed by atoms with Crippen LogP contribution in [0.25, 0.3) is 0 Å². The molecule has 0 bridgehead atoms. The maximum absolute atomic E-state index is 10.6. The molecule has 1 unspecified atom stereocenters. The Morgan fingerprint density at radius 1 is 1.64 bits per heavy atom. The maximum atomic E-state index is 10.6. The molecular formula is C5H9NNaO3S. The van der Waals surface area contributed by atoms with Gasteiger partial charge in [0.05, 0.1) is 5.25 Å². The van der Waals surface area contributed by atoms with Crippen molar-refractivity contribution in [2.24, 2.45) is 0 Å². The minimum atomic E-state index is -1.05. The molecule has 0 heterocycles. The van der Waals surface area contributed by atoms with Crippen molar-refractivity contribution in [2.75, 3.05) is 6.54 Å². The minimum absolute atomic E-state index is 0. The topological polar surface area (TPSA) is 66.4 Å². The zero-order valence-electron chi connectivity index (χ0n) is 6.50. The van der Waals surface area contributed by atoms with E-state index in [9.17, 15) is 9.59 Å². The summed E-state index contributed by atoms with van der Waals surface area (Å²) >= 11 is 3.79. The fourth-order valence-electron chi connectivity index (χ4n) is 0.310. The van der Waals surface area contributed by atoms with Crippen molar-refractivity contribution in [3.8, 4) is 0 Å². The average Bonchev–Trinajstić information content (AvgIpc) is 1.82. The molecule has 0 saturated heterocycles. The van der Waals surface area contributed by atoms with Gasteiger partial charge in [-0.25, -0.2) is 0 Å². The van der Waals surface area contributed by atoms with Crippen LogP contribution in [0, 0.1) is 0 Å². The zero-order chi connectivity index (χ0) is 8.15. The van der Waals surface area contributed by atoms with Crippen molar-refractivity contribution >= 4 is 54.1 Å². The molecule has 0 fully saturated rings. The van der Waals surface area contributed by atoms with Gasteiger partial charge >= 0.3 is 5.97 Å². The Morgan fingerprint density at radius 3 is 2.36 bits per heavy atom. The number of carbonyl (C=O) groups excluding carboxylic acids is 1. The number of thiol groups is 1. The second kappa shape index (κ2) is 6.97. The van der Waals surface area contributed by atoms with Crippen LogP contribution < -0.4 is 5.32 Å². The summed E-state index contributed by atoms with van der Waals surface area (Å²) < 4.78 is 0. The summed E-state index contributed by atoms with van der Waals surface area (Å²) in [6.07, 6.45) is 0. The number of hydrogen-bond donors (Lipinski definition) is 3. The van der Waals surface area contributed by atoms with Gasteiger partial charge in [0.15, 0.2) is 0 Å². The molecule has 0 spiro atoms. The average molecular weight is 186 g/mol. The van der Waals surface area contributed by atoms with Crippen LogP contribution in [0.4, 0.5) is 0 Å². The summed E-state index contributed by atoms with van der Waals surface area (Å²) in [5.41, 5.74) is 0. The Balaban J connectivity index is 0. The van der Waals surface area contributed by atoms with E-state index in [1.165, 1.54) is 0 Å². The third-order valence-corrected chi connectivity index (χ3v) is 1.03. The van der Waals surface area contributed by atoms with Crippen molar-refractivity contribution < 1.29 is 14.7 Å². The first-order chi connectivity index (χ1) is 4.54. The summed E-state index contributed by atoms with van der Waals surface area (Å²) in [4.78, 5) is 20.5. The first-order valence-corrected chi connectivity index (χ1v) is 3.23. The van der Waals surface area contributed by atoms with E-state index in [1.54, 1.807) is 6.92 Å². The SMILES string of the molecule is CC(S)C(=O)NCC(=O)O.[Na]. The van der Waals surface area contributed by atoms with E-state index in [-0.39, 0.29) is 42.0 Å². The molecule has 1 atom stereocenters. The Hall–Kier alpha value is 0.290. The van der Waals surface area contributed by atoms with Crippen LogP contribution >= 0.6 is 12.6 Å². The normalized spacial score (nSPS) is 11.1. The van der Waals surface area contributed by atoms with Crippen molar-refractivity contribution in [3.63, 3.8) is 0 Å². The van der Waals surface area contributed by atoms with Crippen molar-refractivity contribution in [1.29, 1.82) is 0 Å². The van der Waals surface area contributed by atoms with Crippen LogP contribution in [0.15, 0.2) is 0 Å². The zero-order valence-corrected chi connectivity index (χ0v) is 9.39. The second-order valence-electron chi connectivity index (χ2n) is 1.79. The van der Waals surface area contributed by atoms with E-state index in [1.807, 2.05) is 0 Å². The van der Waals surface area contributed by atoms with Gasteiger partial charge in [0.25, 0.3) is 0 Å². The molecular weight excluding hydrogens is 177 g/mol. The van der Waals surface area contributed by atoms with Gasteiger partial charge in [-0.2, -0.15) is 12.6 Å². The third kappa shape index (κ3) is 8.19. The Labute approximate surface area is 92.4 Å². The molecule has 0 saturated carbocycles. The fourth-order valence-corrected chi connectivity index (χ4v) is 0.402. The summed E-state index contributed by atoms with van der Waals surface area (Å²) in [6, 6.07) is 0. The molecule has 0 aliphatic carbocycles. The van der Waals surface area contributed by atoms with E-state index >= 15 is 0 Å². The molecule has 0 aromatic carbocycles. The van der Waals surface area contributed by atoms with Gasteiger partial charge in [-0.15, -0.1) is 0 Å². The standard InChI is InChI=1S/C5H9NO3S.Na/c1-3(10)5(9)6-2-4(7)8;/h3,10H,2H2,1H3,(H,6,9)(H,7,8);. The smallest absolute Gasteiger partial charge is 0.322 e. The number of carboxylic acid groups (broad SMARTS) is 1. The van der Waals surface area contributed by atoms with Crippen LogP contribution in [-0.4, -0.2) is 58.3 Å². The van der Waals surface area contributed by atoms with Crippen LogP contribution in [0.1, 0.15) is 6.92 Å². The monoisotopic (exact) mass is 186 g/mol. The van der Waals surface area contributed by atoms with E-state index < -0.39 is 11.2 Å². The van der Waals surface area contributed by atoms with Crippen LogP contribution in [0.3, 0.4) is 0 Å². The first-order valence-electron chi connectivity index (χ1n) is 2.71. The molecule has 6 heteroatoms. The Bertz CT molecular complexity index is 151. The van der Waals surface area contributed by atoms with Crippen molar-refractivity contribution in [2.45, 2.75) is 12.2 Å². The number of carboxylic acids is 1. The van der Waals surface area contributed by atoms with Crippen molar-refractivity contribution in [1.82, 2.24) is 5.32 Å². The molecule has 59 valence electrons. The quantitative estimate of drug-likeness (QED) is 0.396. The van der Waals surface area contributed by atoms with Gasteiger partial charge in [-0.05, 0) is 6.92 Å². The molecule has 0 aliphatic rings. The predicted molar refractivity (Wildman–Crippen MR) is 44.8 cm³/mol. The van der Waals surface area contributed by atoms with E-state index in [0.29, 0.717) is 0 Å². The summed E-state index contributed by atoms with van der Waals surface area (Å²) in [5.74, 6) is -1.42. The number of nitrogens with one attached hydrogen (secondary N) is 1. The van der Waals surface area contributed by atoms with Crippen LogP contribution in [-0.2, 0) is 9.59 Å². The molecule has 1 radical (unpaired) electrons. The molecule has 0 aliphatic heterocycles. The van der Waals surface area contributed by atoms with E-state index in [2.05, 4.69) is 17.9 Å². The second-order valence-corrected chi connectivity index (χ2v) is 2.56. The molecule has 1 amide bonds. The van der Waals surface area contributed by atoms with Gasteiger partial charge in [0.2, 0.25) is 5.91 Å². The van der Waals surface area contributed by atoms with E-state index in [0.717, 1.165) is 0 Å². The predicted octanol–water partition coefficient (Wildman–Crippen LogP) is -0.875. The molecule has 0 aromatic rings. The Kier molecular flexibility index (Phi) is 8.77. The van der Waals surface area contributed by atoms with Gasteiger partial charge < -0.3 is 10.4 Å². The minimum Gasteiger partial charge on any atom is -0.480 e. The van der Waals surface area contributed by atoms with Gasteiger partial charge in [0, 0.05) is 29.6 Å². The Morgan fingerprint density at radius 2 is 2.09 bits per heavy atom. The molecule has 11 heavy (non-hydrogen) atoms. The largest absolute Gasteiger partial charge is 0.480 e. The number of amides is 1. The first kappa shape index (κ1) is 13.9. The maximum Gasteiger partial charge on any atom is 0.322 e. The molecule has 0 aromatic heterocycles. The van der Waals surface area contributed by atoms with Gasteiger partial charge in [-0.3, -0.25) is 9.59 Å². The molecule has 0 rings (SSSR count). The van der Waals surface area contributed by atoms with Gasteiger partial charge in [0.1, 0.15) is 6.54 Å². The van der Waals surface area contributed by atoms with Crippen LogP contribution in [0.5, 0.6) is 0 Å². The fraction of sp³-hybridized carbons (Fsp3) is 0.600. The molecule has 4 nitrogen and oxygen atoms in total. The molecule has 2 N–H and O–H groups in total. The summed E-state index contributed by atoms with van der Waals surface area (Å²) in [5, 5.41) is 9.81.